The number of aromatic amines is 1. The fourth-order valence-electron chi connectivity index (χ4n) is 3.83. The Morgan fingerprint density at radius 1 is 1.39 bits per heavy atom. The molecule has 0 radical (unpaired) electrons. The van der Waals surface area contributed by atoms with Crippen molar-refractivity contribution in [3.05, 3.63) is 18.0 Å². The number of aromatic nitrogens is 2. The lowest BCUT2D eigenvalue weighted by Gasteiger charge is -2.34. The fraction of sp³-hybridized carbons (Fsp3) is 0.706. The zero-order chi connectivity index (χ0) is 16.1. The number of hydrogen-bond acceptors (Lipinski definition) is 4. The average Bonchev–Trinajstić information content (AvgIpc) is 3.11. The molecule has 2 fully saturated rings. The Balaban J connectivity index is 1.47. The van der Waals surface area contributed by atoms with E-state index in [1.807, 2.05) is 6.07 Å². The molecule has 0 unspecified atom stereocenters. The molecular formula is C17H25N5O. The van der Waals surface area contributed by atoms with E-state index < -0.39 is 5.54 Å². The highest BCUT2D eigenvalue weighted by Crippen LogP contribution is 2.28. The first-order chi connectivity index (χ1) is 11.2. The second-order valence-electron chi connectivity index (χ2n) is 6.87. The number of H-pyrrole nitrogens is 1. The minimum absolute atomic E-state index is 0.00607. The number of carbonyl (C=O) groups excluding carboxylic acids is 1. The number of nitrogens with zero attached hydrogens (tertiary/aromatic N) is 3. The number of amides is 1. The van der Waals surface area contributed by atoms with Crippen molar-refractivity contribution >= 4 is 5.91 Å². The molecule has 2 N–H and O–H groups in total. The maximum absolute atomic E-state index is 12.3. The van der Waals surface area contributed by atoms with Crippen LogP contribution < -0.4 is 5.32 Å². The van der Waals surface area contributed by atoms with Crippen LogP contribution in [0.4, 0.5) is 0 Å². The van der Waals surface area contributed by atoms with Crippen molar-refractivity contribution in [2.75, 3.05) is 19.6 Å². The molecular weight excluding hydrogens is 290 g/mol. The van der Waals surface area contributed by atoms with Crippen molar-refractivity contribution in [3.8, 4) is 6.07 Å². The quantitative estimate of drug-likeness (QED) is 0.889. The topological polar surface area (TPSA) is 84.8 Å². The Hall–Kier alpha value is -1.87. The van der Waals surface area contributed by atoms with E-state index in [9.17, 15) is 10.1 Å². The van der Waals surface area contributed by atoms with Crippen molar-refractivity contribution in [3.63, 3.8) is 0 Å². The lowest BCUT2D eigenvalue weighted by Crippen LogP contribution is -2.52. The summed E-state index contributed by atoms with van der Waals surface area (Å²) in [6, 6.07) is 4.38. The maximum atomic E-state index is 12.3. The summed E-state index contributed by atoms with van der Waals surface area (Å²) >= 11 is 0. The summed E-state index contributed by atoms with van der Waals surface area (Å²) in [6.45, 7) is 2.23. The molecule has 23 heavy (non-hydrogen) atoms. The Morgan fingerprint density at radius 3 is 2.74 bits per heavy atom. The standard InChI is InChI=1S/C17H25N5O/c18-13-17(7-2-1-3-8-17)20-16(23)12-22-10-5-14(6-11-22)15-4-9-19-21-15/h4,9,14H,1-3,5-8,10-12H2,(H,19,21)(H,20,23). The van der Waals surface area contributed by atoms with E-state index >= 15 is 0 Å². The predicted molar refractivity (Wildman–Crippen MR) is 86.6 cm³/mol. The molecule has 124 valence electrons. The van der Waals surface area contributed by atoms with Crippen molar-refractivity contribution in [1.82, 2.24) is 20.4 Å². The van der Waals surface area contributed by atoms with Crippen LogP contribution in [-0.4, -0.2) is 46.2 Å². The lowest BCUT2D eigenvalue weighted by molar-refractivity contribution is -0.124. The van der Waals surface area contributed by atoms with Crippen LogP contribution in [0.5, 0.6) is 0 Å². The van der Waals surface area contributed by atoms with Gasteiger partial charge in [-0.2, -0.15) is 10.4 Å². The van der Waals surface area contributed by atoms with Gasteiger partial charge in [0.05, 0.1) is 12.6 Å². The van der Waals surface area contributed by atoms with Crippen LogP contribution in [0.1, 0.15) is 56.6 Å². The average molecular weight is 315 g/mol. The number of rotatable bonds is 4. The second-order valence-corrected chi connectivity index (χ2v) is 6.87. The van der Waals surface area contributed by atoms with Gasteiger partial charge in [0.2, 0.25) is 5.91 Å². The summed E-state index contributed by atoms with van der Waals surface area (Å²) in [5, 5.41) is 19.5. The summed E-state index contributed by atoms with van der Waals surface area (Å²) in [4.78, 5) is 14.5. The van der Waals surface area contributed by atoms with E-state index in [2.05, 4.69) is 26.5 Å². The molecule has 1 aliphatic carbocycles. The molecule has 1 aromatic heterocycles. The third-order valence-electron chi connectivity index (χ3n) is 5.22. The first kappa shape index (κ1) is 16.0. The fourth-order valence-corrected chi connectivity index (χ4v) is 3.83. The van der Waals surface area contributed by atoms with Gasteiger partial charge in [-0.15, -0.1) is 0 Å². The van der Waals surface area contributed by atoms with E-state index in [0.717, 1.165) is 51.6 Å². The van der Waals surface area contributed by atoms with Crippen LogP contribution in [0.2, 0.25) is 0 Å². The maximum Gasteiger partial charge on any atom is 0.235 e. The normalized spacial score (nSPS) is 22.4. The molecule has 1 saturated heterocycles. The predicted octanol–water partition coefficient (Wildman–Crippen LogP) is 1.93. The van der Waals surface area contributed by atoms with Gasteiger partial charge in [-0.25, -0.2) is 0 Å². The van der Waals surface area contributed by atoms with E-state index in [1.165, 1.54) is 12.1 Å². The number of likely N-dealkylation sites (tertiary alicyclic amines) is 1. The molecule has 0 spiro atoms. The van der Waals surface area contributed by atoms with Gasteiger partial charge in [0.15, 0.2) is 0 Å². The van der Waals surface area contributed by atoms with Gasteiger partial charge in [0, 0.05) is 17.8 Å². The number of nitrogens with one attached hydrogen (secondary N) is 2. The van der Waals surface area contributed by atoms with Gasteiger partial charge in [-0.3, -0.25) is 14.8 Å². The first-order valence-electron chi connectivity index (χ1n) is 8.65. The number of nitriles is 1. The van der Waals surface area contributed by atoms with Crippen LogP contribution >= 0.6 is 0 Å². The van der Waals surface area contributed by atoms with E-state index in [0.29, 0.717) is 12.5 Å². The van der Waals surface area contributed by atoms with Crippen LogP contribution in [0.15, 0.2) is 12.3 Å². The van der Waals surface area contributed by atoms with Gasteiger partial charge < -0.3 is 5.32 Å². The molecule has 0 aromatic carbocycles. The molecule has 1 aliphatic heterocycles. The Labute approximate surface area is 137 Å². The summed E-state index contributed by atoms with van der Waals surface area (Å²) in [5.41, 5.74) is 0.573. The van der Waals surface area contributed by atoms with Gasteiger partial charge >= 0.3 is 0 Å². The highest BCUT2D eigenvalue weighted by atomic mass is 16.2. The minimum atomic E-state index is -0.621. The molecule has 1 amide bonds. The van der Waals surface area contributed by atoms with Gasteiger partial charge in [-0.1, -0.05) is 19.3 Å². The number of piperidine rings is 1. The van der Waals surface area contributed by atoms with Crippen LogP contribution in [-0.2, 0) is 4.79 Å². The summed E-state index contributed by atoms with van der Waals surface area (Å²) < 4.78 is 0. The van der Waals surface area contributed by atoms with Gasteiger partial charge in [-0.05, 0) is 44.8 Å². The molecule has 0 atom stereocenters. The Bertz CT molecular complexity index is 548. The largest absolute Gasteiger partial charge is 0.337 e. The monoisotopic (exact) mass is 315 g/mol. The van der Waals surface area contributed by atoms with E-state index in [4.69, 9.17) is 0 Å². The highest BCUT2D eigenvalue weighted by molar-refractivity contribution is 5.79. The van der Waals surface area contributed by atoms with Crippen molar-refractivity contribution in [1.29, 1.82) is 5.26 Å². The Morgan fingerprint density at radius 2 is 2.13 bits per heavy atom. The first-order valence-corrected chi connectivity index (χ1v) is 8.65. The van der Waals surface area contributed by atoms with Crippen LogP contribution in [0.25, 0.3) is 0 Å². The molecule has 1 aromatic rings. The van der Waals surface area contributed by atoms with Crippen LogP contribution in [0.3, 0.4) is 0 Å². The summed E-state index contributed by atoms with van der Waals surface area (Å²) in [5.74, 6) is 0.508. The van der Waals surface area contributed by atoms with Gasteiger partial charge in [0.25, 0.3) is 0 Å². The molecule has 6 heteroatoms. The molecule has 3 rings (SSSR count). The SMILES string of the molecule is N#CC1(NC(=O)CN2CCC(c3ccn[nH]3)CC2)CCCCC1. The molecule has 0 bridgehead atoms. The number of hydrogen-bond donors (Lipinski definition) is 2. The van der Waals surface area contributed by atoms with Crippen molar-refractivity contribution in [2.24, 2.45) is 0 Å². The summed E-state index contributed by atoms with van der Waals surface area (Å²) in [7, 11) is 0. The zero-order valence-electron chi connectivity index (χ0n) is 13.6. The molecule has 2 heterocycles. The van der Waals surface area contributed by atoms with E-state index in [-0.39, 0.29) is 5.91 Å². The second kappa shape index (κ2) is 7.14. The molecule has 1 saturated carbocycles. The smallest absolute Gasteiger partial charge is 0.235 e. The van der Waals surface area contributed by atoms with Gasteiger partial charge in [0.1, 0.15) is 5.54 Å². The van der Waals surface area contributed by atoms with E-state index in [1.54, 1.807) is 6.20 Å². The van der Waals surface area contributed by atoms with Crippen molar-refractivity contribution in [2.45, 2.75) is 56.4 Å². The third kappa shape index (κ3) is 3.91. The third-order valence-corrected chi connectivity index (χ3v) is 5.22. The van der Waals surface area contributed by atoms with Crippen molar-refractivity contribution < 1.29 is 4.79 Å². The molecule has 6 nitrogen and oxygen atoms in total. The summed E-state index contributed by atoms with van der Waals surface area (Å²) in [6.07, 6.45) is 8.68. The zero-order valence-corrected chi connectivity index (χ0v) is 13.6. The molecule has 2 aliphatic rings. The lowest BCUT2D eigenvalue weighted by atomic mass is 9.83. The number of carbonyl (C=O) groups is 1. The Kier molecular flexibility index (Phi) is 4.97. The van der Waals surface area contributed by atoms with Crippen LogP contribution in [0, 0.1) is 11.3 Å². The minimum Gasteiger partial charge on any atom is -0.337 e. The highest BCUT2D eigenvalue weighted by Gasteiger charge is 2.34.